The van der Waals surface area contributed by atoms with E-state index in [9.17, 15) is 9.90 Å². The monoisotopic (exact) mass is 449 g/mol. The first kappa shape index (κ1) is 21.3. The molecule has 3 atom stereocenters. The Balaban J connectivity index is 1.47. The van der Waals surface area contributed by atoms with Crippen molar-refractivity contribution in [3.05, 3.63) is 51.4 Å². The molecular formula is C21H25Cl2N5O2. The molecule has 160 valence electrons. The zero-order chi connectivity index (χ0) is 21.4. The van der Waals surface area contributed by atoms with E-state index in [0.29, 0.717) is 42.6 Å². The van der Waals surface area contributed by atoms with E-state index in [1.54, 1.807) is 18.2 Å². The summed E-state index contributed by atoms with van der Waals surface area (Å²) in [6.45, 7) is 4.77. The Kier molecular flexibility index (Phi) is 6.16. The molecule has 1 aromatic heterocycles. The molecule has 2 aromatic rings. The van der Waals surface area contributed by atoms with Crippen molar-refractivity contribution in [1.29, 1.82) is 0 Å². The number of aromatic nitrogens is 2. The van der Waals surface area contributed by atoms with Gasteiger partial charge in [-0.15, -0.1) is 0 Å². The molecule has 30 heavy (non-hydrogen) atoms. The lowest BCUT2D eigenvalue weighted by Gasteiger charge is -2.37. The summed E-state index contributed by atoms with van der Waals surface area (Å²) in [7, 11) is 0. The smallest absolute Gasteiger partial charge is 0.231 e. The van der Waals surface area contributed by atoms with Crippen LogP contribution in [-0.4, -0.2) is 58.6 Å². The number of nitrogens with zero attached hydrogens (tertiary/aromatic N) is 4. The van der Waals surface area contributed by atoms with Crippen molar-refractivity contribution in [3.63, 3.8) is 0 Å². The molecule has 4 rings (SSSR count). The number of amides is 1. The van der Waals surface area contributed by atoms with Gasteiger partial charge in [-0.1, -0.05) is 36.2 Å². The van der Waals surface area contributed by atoms with Crippen LogP contribution in [0.15, 0.2) is 24.5 Å². The number of nitrogens with two attached hydrogens (primary N) is 1. The molecule has 0 radical (unpaired) electrons. The number of hydrogen-bond donors (Lipinski definition) is 2. The number of carbonyl (C=O) groups is 1. The molecule has 1 aliphatic heterocycles. The zero-order valence-electron chi connectivity index (χ0n) is 16.8. The number of benzene rings is 1. The summed E-state index contributed by atoms with van der Waals surface area (Å²) in [5, 5.41) is 11.1. The Morgan fingerprint density at radius 3 is 2.63 bits per heavy atom. The van der Waals surface area contributed by atoms with Gasteiger partial charge in [-0.25, -0.2) is 9.97 Å². The maximum absolute atomic E-state index is 13.1. The van der Waals surface area contributed by atoms with Crippen molar-refractivity contribution in [1.82, 2.24) is 14.9 Å². The predicted molar refractivity (Wildman–Crippen MR) is 117 cm³/mol. The first-order chi connectivity index (χ1) is 14.4. The molecule has 1 fully saturated rings. The van der Waals surface area contributed by atoms with Crippen molar-refractivity contribution in [2.45, 2.75) is 31.3 Å². The van der Waals surface area contributed by atoms with Gasteiger partial charge in [0, 0.05) is 38.3 Å². The van der Waals surface area contributed by atoms with Crippen LogP contribution in [0.5, 0.6) is 0 Å². The largest absolute Gasteiger partial charge is 0.387 e. The van der Waals surface area contributed by atoms with Crippen LogP contribution in [0.1, 0.15) is 48.1 Å². The minimum absolute atomic E-state index is 0.00718. The third kappa shape index (κ3) is 3.87. The number of hydrogen-bond acceptors (Lipinski definition) is 6. The average molecular weight is 450 g/mol. The highest BCUT2D eigenvalue weighted by atomic mass is 35.5. The maximum Gasteiger partial charge on any atom is 0.231 e. The van der Waals surface area contributed by atoms with Crippen LogP contribution in [0.25, 0.3) is 0 Å². The third-order valence-electron chi connectivity index (χ3n) is 6.05. The molecule has 0 unspecified atom stereocenters. The van der Waals surface area contributed by atoms with Gasteiger partial charge in [0.25, 0.3) is 0 Å². The lowest BCUT2D eigenvalue weighted by Crippen LogP contribution is -2.51. The average Bonchev–Trinajstić information content (AvgIpc) is 3.05. The van der Waals surface area contributed by atoms with Gasteiger partial charge < -0.3 is 20.6 Å². The molecule has 1 aromatic carbocycles. The van der Waals surface area contributed by atoms with E-state index in [0.717, 1.165) is 22.6 Å². The number of rotatable bonds is 4. The number of piperazine rings is 1. The van der Waals surface area contributed by atoms with Crippen LogP contribution in [0.2, 0.25) is 10.0 Å². The SMILES string of the molecule is C[C@@H]1C[C@@H](O)c2ncnc(N3CCN(C(=O)[C@H](CN)c4ccc(Cl)c(Cl)c4)CC3)c21. The van der Waals surface area contributed by atoms with E-state index in [1.165, 1.54) is 6.33 Å². The Morgan fingerprint density at radius 1 is 1.23 bits per heavy atom. The van der Waals surface area contributed by atoms with Crippen LogP contribution in [0, 0.1) is 0 Å². The Hall–Kier alpha value is -1.93. The minimum Gasteiger partial charge on any atom is -0.387 e. The van der Waals surface area contributed by atoms with Crippen molar-refractivity contribution in [3.8, 4) is 0 Å². The summed E-state index contributed by atoms with van der Waals surface area (Å²) in [6.07, 6.45) is 1.65. The summed E-state index contributed by atoms with van der Waals surface area (Å²) < 4.78 is 0. The third-order valence-corrected chi connectivity index (χ3v) is 6.79. The first-order valence-corrected chi connectivity index (χ1v) is 10.9. The van der Waals surface area contributed by atoms with Gasteiger partial charge in [-0.3, -0.25) is 4.79 Å². The molecule has 1 amide bonds. The van der Waals surface area contributed by atoms with Crippen molar-refractivity contribution >= 4 is 34.9 Å². The normalized spacial score (nSPS) is 22.2. The van der Waals surface area contributed by atoms with Crippen LogP contribution in [0.3, 0.4) is 0 Å². The molecule has 0 bridgehead atoms. The molecule has 9 heteroatoms. The van der Waals surface area contributed by atoms with Crippen LogP contribution >= 0.6 is 23.2 Å². The quantitative estimate of drug-likeness (QED) is 0.744. The number of anilines is 1. The molecule has 1 saturated heterocycles. The summed E-state index contributed by atoms with van der Waals surface area (Å²) in [4.78, 5) is 25.9. The number of aliphatic hydroxyl groups excluding tert-OH is 1. The summed E-state index contributed by atoms with van der Waals surface area (Å²) >= 11 is 12.1. The highest BCUT2D eigenvalue weighted by Gasteiger charge is 2.34. The lowest BCUT2D eigenvalue weighted by atomic mass is 9.97. The van der Waals surface area contributed by atoms with Crippen molar-refractivity contribution < 1.29 is 9.90 Å². The van der Waals surface area contributed by atoms with Gasteiger partial charge in [-0.05, 0) is 30.0 Å². The predicted octanol–water partition coefficient (Wildman–Crippen LogP) is 2.72. The van der Waals surface area contributed by atoms with Crippen LogP contribution in [0.4, 0.5) is 5.82 Å². The fourth-order valence-electron chi connectivity index (χ4n) is 4.42. The molecule has 0 saturated carbocycles. The molecule has 7 nitrogen and oxygen atoms in total. The summed E-state index contributed by atoms with van der Waals surface area (Å²) in [6, 6.07) is 5.21. The second kappa shape index (κ2) is 8.67. The van der Waals surface area contributed by atoms with Gasteiger partial charge in [0.1, 0.15) is 12.1 Å². The Labute approximate surface area is 185 Å². The van der Waals surface area contributed by atoms with Crippen LogP contribution in [-0.2, 0) is 4.79 Å². The summed E-state index contributed by atoms with van der Waals surface area (Å²) in [5.74, 6) is 0.621. The second-order valence-corrected chi connectivity index (χ2v) is 8.74. The van der Waals surface area contributed by atoms with E-state index in [4.69, 9.17) is 28.9 Å². The molecule has 0 spiro atoms. The van der Waals surface area contributed by atoms with Gasteiger partial charge in [0.05, 0.1) is 27.8 Å². The molecule has 3 N–H and O–H groups in total. The van der Waals surface area contributed by atoms with Gasteiger partial charge >= 0.3 is 0 Å². The fraction of sp³-hybridized carbons (Fsp3) is 0.476. The van der Waals surface area contributed by atoms with E-state index >= 15 is 0 Å². The maximum atomic E-state index is 13.1. The van der Waals surface area contributed by atoms with Crippen LogP contribution < -0.4 is 10.6 Å². The van der Waals surface area contributed by atoms with Crippen molar-refractivity contribution in [2.24, 2.45) is 5.73 Å². The van der Waals surface area contributed by atoms with E-state index in [-0.39, 0.29) is 18.4 Å². The highest BCUT2D eigenvalue weighted by Crippen LogP contribution is 2.42. The van der Waals surface area contributed by atoms with Gasteiger partial charge in [0.2, 0.25) is 5.91 Å². The fourth-order valence-corrected chi connectivity index (χ4v) is 4.73. The van der Waals surface area contributed by atoms with Crippen molar-refractivity contribution in [2.75, 3.05) is 37.6 Å². The zero-order valence-corrected chi connectivity index (χ0v) is 18.3. The molecule has 1 aliphatic carbocycles. The topological polar surface area (TPSA) is 95.6 Å². The van der Waals surface area contributed by atoms with E-state index in [1.807, 2.05) is 4.90 Å². The van der Waals surface area contributed by atoms with E-state index < -0.39 is 12.0 Å². The van der Waals surface area contributed by atoms with Gasteiger partial charge in [-0.2, -0.15) is 0 Å². The molecule has 2 heterocycles. The molecular weight excluding hydrogens is 425 g/mol. The van der Waals surface area contributed by atoms with E-state index in [2.05, 4.69) is 21.8 Å². The second-order valence-electron chi connectivity index (χ2n) is 7.92. The summed E-state index contributed by atoms with van der Waals surface area (Å²) in [5.41, 5.74) is 8.47. The lowest BCUT2D eigenvalue weighted by molar-refractivity contribution is -0.132. The Bertz CT molecular complexity index is 949. The number of halogens is 2. The number of fused-ring (bicyclic) bond motifs is 1. The Morgan fingerprint density at radius 2 is 1.97 bits per heavy atom. The first-order valence-electron chi connectivity index (χ1n) is 10.1. The minimum atomic E-state index is -0.531. The highest BCUT2D eigenvalue weighted by molar-refractivity contribution is 6.42. The van der Waals surface area contributed by atoms with Gasteiger partial charge in [0.15, 0.2) is 0 Å². The number of aliphatic hydroxyl groups is 1. The standard InChI is InChI=1S/C21H25Cl2N5O2/c1-12-8-17(29)19-18(12)20(26-11-25-19)27-4-6-28(7-5-27)21(30)14(10-24)13-2-3-15(22)16(23)9-13/h2-3,9,11-12,14,17,29H,4-8,10,24H2,1H3/t12-,14-,17-/m1/s1. The number of carbonyl (C=O) groups excluding carboxylic acids is 1. The molecule has 2 aliphatic rings.